The summed E-state index contributed by atoms with van der Waals surface area (Å²) in [5, 5.41) is 15.9. The first-order valence-electron chi connectivity index (χ1n) is 8.14. The Hall–Kier alpha value is -2.06. The van der Waals surface area contributed by atoms with E-state index < -0.39 is 0 Å². The van der Waals surface area contributed by atoms with E-state index in [1.54, 1.807) is 7.05 Å². The van der Waals surface area contributed by atoms with E-state index in [0.717, 1.165) is 24.6 Å². The fraction of sp³-hybridized carbons (Fsp3) is 0.556. The maximum absolute atomic E-state index is 8.97. The quantitative estimate of drug-likeness (QED) is 0.662. The summed E-state index contributed by atoms with van der Waals surface area (Å²) in [5.41, 5.74) is 1.87. The third-order valence-corrected chi connectivity index (χ3v) is 5.13. The standard InChI is InChI=1S/C18H24N4O/c1-18(2)15(14-7-8-23-16(14)18)22-17(20-3)21-11-13-6-4-5-12(9-13)10-19/h4-6,9,14-16H,7-8,11H2,1-3H3,(H2,20,21,22). The Balaban J connectivity index is 1.60. The molecule has 0 aromatic heterocycles. The molecule has 122 valence electrons. The highest BCUT2D eigenvalue weighted by atomic mass is 16.5. The molecule has 3 unspecified atom stereocenters. The SMILES string of the molecule is CN=C(NCc1cccc(C#N)c1)NC1C2CCOC2C1(C)C. The summed E-state index contributed by atoms with van der Waals surface area (Å²) in [7, 11) is 1.79. The van der Waals surface area contributed by atoms with Gasteiger partial charge in [0, 0.05) is 37.6 Å². The molecule has 23 heavy (non-hydrogen) atoms. The number of hydrogen-bond donors (Lipinski definition) is 2. The van der Waals surface area contributed by atoms with Gasteiger partial charge < -0.3 is 15.4 Å². The van der Waals surface area contributed by atoms with E-state index in [0.29, 0.717) is 30.2 Å². The number of nitriles is 1. The molecule has 1 saturated carbocycles. The van der Waals surface area contributed by atoms with E-state index in [4.69, 9.17) is 10.00 Å². The molecule has 2 N–H and O–H groups in total. The topological polar surface area (TPSA) is 69.4 Å². The number of hydrogen-bond acceptors (Lipinski definition) is 3. The third kappa shape index (κ3) is 2.91. The highest BCUT2D eigenvalue weighted by Gasteiger charge is 2.59. The van der Waals surface area contributed by atoms with Gasteiger partial charge in [0.25, 0.3) is 0 Å². The van der Waals surface area contributed by atoms with Gasteiger partial charge in [0.2, 0.25) is 0 Å². The molecular weight excluding hydrogens is 288 g/mol. The Morgan fingerprint density at radius 1 is 1.48 bits per heavy atom. The van der Waals surface area contributed by atoms with Crippen molar-refractivity contribution in [2.45, 2.75) is 39.0 Å². The predicted octanol–water partition coefficient (Wildman–Crippen LogP) is 2.04. The molecule has 5 nitrogen and oxygen atoms in total. The molecule has 5 heteroatoms. The predicted molar refractivity (Wildman–Crippen MR) is 89.9 cm³/mol. The number of fused-ring (bicyclic) bond motifs is 1. The zero-order valence-corrected chi connectivity index (χ0v) is 14.0. The monoisotopic (exact) mass is 312 g/mol. The maximum atomic E-state index is 8.97. The molecule has 1 heterocycles. The summed E-state index contributed by atoms with van der Waals surface area (Å²) in [4.78, 5) is 4.34. The lowest BCUT2D eigenvalue weighted by Crippen LogP contribution is -2.67. The second-order valence-corrected chi connectivity index (χ2v) is 6.93. The summed E-state index contributed by atoms with van der Waals surface area (Å²) < 4.78 is 5.84. The molecule has 1 aliphatic heterocycles. The summed E-state index contributed by atoms with van der Waals surface area (Å²) in [5.74, 6) is 1.38. The average Bonchev–Trinajstić information content (AvgIpc) is 3.02. The molecule has 0 spiro atoms. The molecule has 0 radical (unpaired) electrons. The maximum Gasteiger partial charge on any atom is 0.191 e. The molecule has 0 bridgehead atoms. The van der Waals surface area contributed by atoms with E-state index >= 15 is 0 Å². The second kappa shape index (κ2) is 6.21. The van der Waals surface area contributed by atoms with Gasteiger partial charge >= 0.3 is 0 Å². The molecule has 3 rings (SSSR count). The first-order chi connectivity index (χ1) is 11.1. The smallest absolute Gasteiger partial charge is 0.191 e. The minimum atomic E-state index is 0.125. The lowest BCUT2D eigenvalue weighted by Gasteiger charge is -2.54. The third-order valence-electron chi connectivity index (χ3n) is 5.13. The van der Waals surface area contributed by atoms with Crippen LogP contribution in [0.15, 0.2) is 29.3 Å². The second-order valence-electron chi connectivity index (χ2n) is 6.93. The van der Waals surface area contributed by atoms with Gasteiger partial charge in [-0.05, 0) is 24.1 Å². The summed E-state index contributed by atoms with van der Waals surface area (Å²) in [6.07, 6.45) is 1.48. The van der Waals surface area contributed by atoms with E-state index in [1.807, 2.05) is 24.3 Å². The first-order valence-corrected chi connectivity index (χ1v) is 8.14. The van der Waals surface area contributed by atoms with Crippen molar-refractivity contribution in [3.05, 3.63) is 35.4 Å². The van der Waals surface area contributed by atoms with Crippen LogP contribution in [0.25, 0.3) is 0 Å². The largest absolute Gasteiger partial charge is 0.377 e. The normalized spacial score (nSPS) is 28.4. The van der Waals surface area contributed by atoms with Gasteiger partial charge in [0.05, 0.1) is 17.7 Å². The van der Waals surface area contributed by atoms with Crippen LogP contribution in [0, 0.1) is 22.7 Å². The molecule has 0 amide bonds. The Morgan fingerprint density at radius 3 is 3.04 bits per heavy atom. The van der Waals surface area contributed by atoms with E-state index in [-0.39, 0.29) is 5.41 Å². The van der Waals surface area contributed by atoms with Crippen molar-refractivity contribution in [3.8, 4) is 6.07 Å². The number of guanidine groups is 1. The Morgan fingerprint density at radius 2 is 2.30 bits per heavy atom. The molecule has 1 saturated heterocycles. The number of aliphatic imine (C=N–C) groups is 1. The molecule has 1 aromatic rings. The highest BCUT2D eigenvalue weighted by molar-refractivity contribution is 5.80. The van der Waals surface area contributed by atoms with Crippen LogP contribution in [0.4, 0.5) is 0 Å². The number of nitrogens with zero attached hydrogens (tertiary/aromatic N) is 2. The van der Waals surface area contributed by atoms with Crippen molar-refractivity contribution in [2.24, 2.45) is 16.3 Å². The minimum Gasteiger partial charge on any atom is -0.377 e. The fourth-order valence-corrected chi connectivity index (χ4v) is 3.90. The lowest BCUT2D eigenvalue weighted by atomic mass is 9.57. The van der Waals surface area contributed by atoms with Gasteiger partial charge in [0.1, 0.15) is 0 Å². The van der Waals surface area contributed by atoms with Crippen LogP contribution in [0.2, 0.25) is 0 Å². The molecule has 1 aliphatic carbocycles. The highest BCUT2D eigenvalue weighted by Crippen LogP contribution is 2.52. The number of benzene rings is 1. The van der Waals surface area contributed by atoms with Crippen molar-refractivity contribution in [3.63, 3.8) is 0 Å². The van der Waals surface area contributed by atoms with Crippen LogP contribution >= 0.6 is 0 Å². The van der Waals surface area contributed by atoms with Crippen LogP contribution in [0.3, 0.4) is 0 Å². The number of rotatable bonds is 3. The molecule has 2 fully saturated rings. The number of nitrogens with one attached hydrogen (secondary N) is 2. The van der Waals surface area contributed by atoms with Gasteiger partial charge in [-0.3, -0.25) is 4.99 Å². The molecule has 2 aliphatic rings. The van der Waals surface area contributed by atoms with Crippen LogP contribution in [0.1, 0.15) is 31.4 Å². The van der Waals surface area contributed by atoms with Crippen LogP contribution in [-0.4, -0.2) is 31.8 Å². The van der Waals surface area contributed by atoms with Crippen molar-refractivity contribution in [1.29, 1.82) is 5.26 Å². The zero-order valence-electron chi connectivity index (χ0n) is 14.0. The van der Waals surface area contributed by atoms with Gasteiger partial charge in [-0.2, -0.15) is 5.26 Å². The Labute approximate surface area is 137 Å². The fourth-order valence-electron chi connectivity index (χ4n) is 3.90. The molecular formula is C18H24N4O. The Bertz CT molecular complexity index is 647. The van der Waals surface area contributed by atoms with Gasteiger partial charge in [-0.1, -0.05) is 26.0 Å². The van der Waals surface area contributed by atoms with Crippen molar-refractivity contribution >= 4 is 5.96 Å². The Kier molecular flexibility index (Phi) is 4.27. The first kappa shape index (κ1) is 15.8. The van der Waals surface area contributed by atoms with Crippen molar-refractivity contribution in [1.82, 2.24) is 10.6 Å². The van der Waals surface area contributed by atoms with Crippen LogP contribution < -0.4 is 10.6 Å². The van der Waals surface area contributed by atoms with Crippen LogP contribution in [-0.2, 0) is 11.3 Å². The van der Waals surface area contributed by atoms with Crippen LogP contribution in [0.5, 0.6) is 0 Å². The molecule has 1 aromatic carbocycles. The molecule has 3 atom stereocenters. The summed E-state index contributed by atoms with van der Waals surface area (Å²) in [6, 6.07) is 10.2. The van der Waals surface area contributed by atoms with Gasteiger partial charge in [-0.15, -0.1) is 0 Å². The van der Waals surface area contributed by atoms with Gasteiger partial charge in [-0.25, -0.2) is 0 Å². The summed E-state index contributed by atoms with van der Waals surface area (Å²) in [6.45, 7) is 6.01. The average molecular weight is 312 g/mol. The van der Waals surface area contributed by atoms with Crippen molar-refractivity contribution < 1.29 is 4.74 Å². The summed E-state index contributed by atoms with van der Waals surface area (Å²) >= 11 is 0. The van der Waals surface area contributed by atoms with Crippen molar-refractivity contribution in [2.75, 3.05) is 13.7 Å². The van der Waals surface area contributed by atoms with E-state index in [9.17, 15) is 0 Å². The zero-order chi connectivity index (χ0) is 16.4. The minimum absolute atomic E-state index is 0.125. The lowest BCUT2D eigenvalue weighted by molar-refractivity contribution is -0.106. The number of ether oxygens (including phenoxy) is 1. The van der Waals surface area contributed by atoms with Gasteiger partial charge in [0.15, 0.2) is 5.96 Å². The van der Waals surface area contributed by atoms with E-state index in [2.05, 4.69) is 35.5 Å². The van der Waals surface area contributed by atoms with E-state index in [1.165, 1.54) is 0 Å².